The number of fused-ring (bicyclic) bond motifs is 3. The second-order valence-electron chi connectivity index (χ2n) is 8.65. The topological polar surface area (TPSA) is 117 Å². The van der Waals surface area contributed by atoms with Gasteiger partial charge >= 0.3 is 12.2 Å². The highest BCUT2D eigenvalue weighted by molar-refractivity contribution is 7.98. The van der Waals surface area contributed by atoms with Crippen molar-refractivity contribution in [1.82, 2.24) is 10.6 Å². The van der Waals surface area contributed by atoms with Crippen LogP contribution in [0.3, 0.4) is 0 Å². The Balaban J connectivity index is 1.34. The molecule has 192 valence electrons. The molecule has 4 rings (SSSR count). The molecule has 3 amide bonds. The van der Waals surface area contributed by atoms with Crippen LogP contribution in [0.5, 0.6) is 0 Å². The van der Waals surface area contributed by atoms with Crippen molar-refractivity contribution in [2.45, 2.75) is 24.9 Å². The number of rotatable bonds is 10. The van der Waals surface area contributed by atoms with Crippen LogP contribution < -0.4 is 16.0 Å². The summed E-state index contributed by atoms with van der Waals surface area (Å²) in [6, 6.07) is 22.2. The van der Waals surface area contributed by atoms with E-state index in [9.17, 15) is 14.4 Å². The number of alkyl carbamates (subject to hydrolysis) is 1. The van der Waals surface area contributed by atoms with Crippen LogP contribution in [-0.4, -0.2) is 47.9 Å². The molecule has 1 atom stereocenters. The number of benzene rings is 3. The predicted molar refractivity (Wildman–Crippen MR) is 145 cm³/mol. The smallest absolute Gasteiger partial charge is 0.409 e. The third-order valence-corrected chi connectivity index (χ3v) is 6.88. The van der Waals surface area contributed by atoms with E-state index in [2.05, 4.69) is 40.2 Å². The Hall–Kier alpha value is -3.98. The summed E-state index contributed by atoms with van der Waals surface area (Å²) in [6.45, 7) is 0.418. The normalized spacial score (nSPS) is 12.7. The van der Waals surface area contributed by atoms with Gasteiger partial charge in [-0.2, -0.15) is 11.8 Å². The van der Waals surface area contributed by atoms with Crippen molar-refractivity contribution in [3.63, 3.8) is 0 Å². The van der Waals surface area contributed by atoms with Crippen LogP contribution in [0, 0.1) is 0 Å². The molecule has 0 spiro atoms. The summed E-state index contributed by atoms with van der Waals surface area (Å²) < 4.78 is 5.62. The number of nitrogens with one attached hydrogen (secondary N) is 3. The number of carboxylic acid groups (broad SMARTS) is 1. The number of hydrogen-bond acceptors (Lipinski definition) is 5. The first kappa shape index (κ1) is 26.1. The van der Waals surface area contributed by atoms with E-state index in [1.54, 1.807) is 36.0 Å². The van der Waals surface area contributed by atoms with E-state index in [1.165, 1.54) is 0 Å². The fourth-order valence-corrected chi connectivity index (χ4v) is 4.90. The van der Waals surface area contributed by atoms with Gasteiger partial charge in [0.15, 0.2) is 0 Å². The zero-order chi connectivity index (χ0) is 26.2. The van der Waals surface area contributed by atoms with Crippen molar-refractivity contribution in [3.8, 4) is 11.1 Å². The van der Waals surface area contributed by atoms with Crippen molar-refractivity contribution in [2.24, 2.45) is 0 Å². The van der Waals surface area contributed by atoms with Gasteiger partial charge in [0, 0.05) is 18.2 Å². The molecular formula is C28H29N3O5S. The van der Waals surface area contributed by atoms with Crippen molar-refractivity contribution in [2.75, 3.05) is 23.9 Å². The van der Waals surface area contributed by atoms with Gasteiger partial charge in [-0.25, -0.2) is 9.59 Å². The molecule has 4 N–H and O–H groups in total. The van der Waals surface area contributed by atoms with Crippen LogP contribution in [-0.2, 0) is 16.1 Å². The lowest BCUT2D eigenvalue weighted by Crippen LogP contribution is -2.47. The summed E-state index contributed by atoms with van der Waals surface area (Å²) in [5.41, 5.74) is 5.79. The minimum atomic E-state index is -1.14. The lowest BCUT2D eigenvalue weighted by molar-refractivity contribution is -0.123. The van der Waals surface area contributed by atoms with E-state index in [4.69, 9.17) is 9.84 Å². The Labute approximate surface area is 219 Å². The van der Waals surface area contributed by atoms with Crippen molar-refractivity contribution < 1.29 is 24.2 Å². The summed E-state index contributed by atoms with van der Waals surface area (Å²) in [4.78, 5) is 36.3. The Morgan fingerprint density at radius 3 is 2.16 bits per heavy atom. The first-order chi connectivity index (χ1) is 18.0. The van der Waals surface area contributed by atoms with E-state index < -0.39 is 18.2 Å². The Bertz CT molecular complexity index is 1220. The average Bonchev–Trinajstić information content (AvgIpc) is 3.22. The first-order valence-corrected chi connectivity index (χ1v) is 13.3. The lowest BCUT2D eigenvalue weighted by atomic mass is 9.98. The molecule has 0 saturated carbocycles. The summed E-state index contributed by atoms with van der Waals surface area (Å²) in [5.74, 6) is 0.322. The van der Waals surface area contributed by atoms with Crippen molar-refractivity contribution in [1.29, 1.82) is 0 Å². The van der Waals surface area contributed by atoms with Gasteiger partial charge in [-0.3, -0.25) is 10.1 Å². The molecule has 0 aliphatic heterocycles. The molecule has 37 heavy (non-hydrogen) atoms. The molecule has 1 aliphatic carbocycles. The van der Waals surface area contributed by atoms with Gasteiger partial charge in [0.25, 0.3) is 0 Å². The SMILES string of the molecule is CSCCC(NC(=O)OCC1c2ccccc2-c2ccccc21)C(=O)NCc1ccc(NC(=O)O)cc1. The minimum absolute atomic E-state index is 0.0600. The van der Waals surface area contributed by atoms with Crippen LogP contribution in [0.4, 0.5) is 15.3 Å². The lowest BCUT2D eigenvalue weighted by Gasteiger charge is -2.19. The second-order valence-corrected chi connectivity index (χ2v) is 9.63. The molecule has 1 unspecified atom stereocenters. The maximum atomic E-state index is 12.9. The number of ether oxygens (including phenoxy) is 1. The molecule has 0 fully saturated rings. The molecule has 8 nitrogen and oxygen atoms in total. The van der Waals surface area contributed by atoms with Crippen LogP contribution in [0.15, 0.2) is 72.8 Å². The minimum Gasteiger partial charge on any atom is -0.465 e. The highest BCUT2D eigenvalue weighted by atomic mass is 32.2. The van der Waals surface area contributed by atoms with Gasteiger partial charge in [-0.05, 0) is 58.4 Å². The van der Waals surface area contributed by atoms with Crippen LogP contribution in [0.2, 0.25) is 0 Å². The molecule has 0 heterocycles. The summed E-state index contributed by atoms with van der Waals surface area (Å²) in [6.07, 6.45) is 0.623. The maximum absolute atomic E-state index is 12.9. The molecular weight excluding hydrogens is 490 g/mol. The molecule has 3 aromatic carbocycles. The van der Waals surface area contributed by atoms with Crippen LogP contribution >= 0.6 is 11.8 Å². The first-order valence-electron chi connectivity index (χ1n) is 11.9. The van der Waals surface area contributed by atoms with E-state index in [0.29, 0.717) is 17.9 Å². The standard InChI is InChI=1S/C28H29N3O5S/c1-37-15-14-25(26(32)29-16-18-10-12-19(13-11-18)30-27(33)34)31-28(35)36-17-24-22-8-4-2-6-20(22)21-7-3-5-9-23(21)24/h2-13,24-25,30H,14-17H2,1H3,(H,29,32)(H,31,35)(H,33,34). The Kier molecular flexibility index (Phi) is 8.68. The number of thioether (sulfide) groups is 1. The number of carbonyl (C=O) groups excluding carboxylic acids is 2. The largest absolute Gasteiger partial charge is 0.465 e. The molecule has 0 aromatic heterocycles. The number of anilines is 1. The number of hydrogen-bond donors (Lipinski definition) is 4. The third kappa shape index (κ3) is 6.62. The Morgan fingerprint density at radius 1 is 0.946 bits per heavy atom. The van der Waals surface area contributed by atoms with Gasteiger partial charge in [-0.1, -0.05) is 60.7 Å². The quantitative estimate of drug-likeness (QED) is 0.298. The highest BCUT2D eigenvalue weighted by Crippen LogP contribution is 2.44. The average molecular weight is 520 g/mol. The Morgan fingerprint density at radius 2 is 1.57 bits per heavy atom. The highest BCUT2D eigenvalue weighted by Gasteiger charge is 2.29. The monoisotopic (exact) mass is 519 g/mol. The van der Waals surface area contributed by atoms with E-state index in [1.807, 2.05) is 30.5 Å². The van der Waals surface area contributed by atoms with Gasteiger partial charge in [-0.15, -0.1) is 0 Å². The third-order valence-electron chi connectivity index (χ3n) is 6.23. The summed E-state index contributed by atoms with van der Waals surface area (Å²) in [7, 11) is 0. The molecule has 0 saturated heterocycles. The molecule has 1 aliphatic rings. The second kappa shape index (κ2) is 12.3. The summed E-state index contributed by atoms with van der Waals surface area (Å²) in [5, 5.41) is 16.6. The van der Waals surface area contributed by atoms with Gasteiger partial charge < -0.3 is 20.5 Å². The maximum Gasteiger partial charge on any atom is 0.409 e. The van der Waals surface area contributed by atoms with Crippen molar-refractivity contribution >= 4 is 35.5 Å². The zero-order valence-electron chi connectivity index (χ0n) is 20.4. The number of amides is 3. The molecule has 9 heteroatoms. The predicted octanol–water partition coefficient (Wildman–Crippen LogP) is 5.05. The fourth-order valence-electron chi connectivity index (χ4n) is 4.43. The fraction of sp³-hybridized carbons (Fsp3) is 0.250. The van der Waals surface area contributed by atoms with Crippen molar-refractivity contribution in [3.05, 3.63) is 89.5 Å². The number of carbonyl (C=O) groups is 3. The van der Waals surface area contributed by atoms with Crippen LogP contribution in [0.25, 0.3) is 11.1 Å². The van der Waals surface area contributed by atoms with Crippen LogP contribution in [0.1, 0.15) is 29.0 Å². The molecule has 0 radical (unpaired) electrons. The van der Waals surface area contributed by atoms with Gasteiger partial charge in [0.2, 0.25) is 5.91 Å². The molecule has 0 bridgehead atoms. The summed E-state index contributed by atoms with van der Waals surface area (Å²) >= 11 is 1.59. The van der Waals surface area contributed by atoms with Gasteiger partial charge in [0.1, 0.15) is 12.6 Å². The van der Waals surface area contributed by atoms with Gasteiger partial charge in [0.05, 0.1) is 0 Å². The van der Waals surface area contributed by atoms with E-state index >= 15 is 0 Å². The van der Waals surface area contributed by atoms with E-state index in [-0.39, 0.29) is 25.0 Å². The van der Waals surface area contributed by atoms with E-state index in [0.717, 1.165) is 27.8 Å². The molecule has 3 aromatic rings. The zero-order valence-corrected chi connectivity index (χ0v) is 21.2.